The van der Waals surface area contributed by atoms with Gasteiger partial charge in [0.1, 0.15) is 5.82 Å². The molecule has 0 atom stereocenters. The number of rotatable bonds is 2. The SMILES string of the molecule is CN1CCN(c2ccc(-c3cn[nH]c3N)cc2)C(=O)C1. The first-order valence-corrected chi connectivity index (χ1v) is 6.53. The summed E-state index contributed by atoms with van der Waals surface area (Å²) in [6.45, 7) is 2.08. The number of piperazine rings is 1. The number of nitrogens with two attached hydrogens (primary N) is 1. The van der Waals surface area contributed by atoms with Crippen LogP contribution in [-0.2, 0) is 4.79 Å². The molecule has 2 aromatic rings. The molecule has 1 aliphatic rings. The zero-order chi connectivity index (χ0) is 14.1. The van der Waals surface area contributed by atoms with Crippen molar-refractivity contribution in [3.63, 3.8) is 0 Å². The Morgan fingerprint density at radius 1 is 1.25 bits per heavy atom. The third kappa shape index (κ3) is 2.25. The van der Waals surface area contributed by atoms with Crippen LogP contribution in [0.1, 0.15) is 0 Å². The van der Waals surface area contributed by atoms with Gasteiger partial charge >= 0.3 is 0 Å². The number of nitrogen functional groups attached to an aromatic ring is 1. The second-order valence-electron chi connectivity index (χ2n) is 5.03. The third-order valence-corrected chi connectivity index (χ3v) is 3.57. The van der Waals surface area contributed by atoms with Crippen LogP contribution in [0.4, 0.5) is 11.5 Å². The Balaban J connectivity index is 1.83. The quantitative estimate of drug-likeness (QED) is 0.852. The molecule has 0 radical (unpaired) electrons. The van der Waals surface area contributed by atoms with Crippen LogP contribution < -0.4 is 10.6 Å². The predicted molar refractivity (Wildman–Crippen MR) is 78.3 cm³/mol. The number of anilines is 2. The largest absolute Gasteiger partial charge is 0.384 e. The number of carbonyl (C=O) groups is 1. The van der Waals surface area contributed by atoms with E-state index in [4.69, 9.17) is 5.73 Å². The number of H-pyrrole nitrogens is 1. The van der Waals surface area contributed by atoms with E-state index in [2.05, 4.69) is 10.2 Å². The Bertz CT molecular complexity index is 619. The van der Waals surface area contributed by atoms with Crippen LogP contribution in [0.15, 0.2) is 30.5 Å². The van der Waals surface area contributed by atoms with E-state index in [-0.39, 0.29) is 5.91 Å². The lowest BCUT2D eigenvalue weighted by atomic mass is 10.1. The second kappa shape index (κ2) is 4.97. The van der Waals surface area contributed by atoms with Crippen molar-refractivity contribution in [3.05, 3.63) is 30.5 Å². The van der Waals surface area contributed by atoms with E-state index >= 15 is 0 Å². The maximum absolute atomic E-state index is 12.0. The van der Waals surface area contributed by atoms with Gasteiger partial charge in [-0.2, -0.15) is 5.10 Å². The van der Waals surface area contributed by atoms with Gasteiger partial charge in [-0.25, -0.2) is 0 Å². The summed E-state index contributed by atoms with van der Waals surface area (Å²) >= 11 is 0. The highest BCUT2D eigenvalue weighted by Crippen LogP contribution is 2.26. The van der Waals surface area contributed by atoms with Crippen LogP contribution in [0.5, 0.6) is 0 Å². The zero-order valence-corrected chi connectivity index (χ0v) is 11.3. The highest BCUT2D eigenvalue weighted by Gasteiger charge is 2.22. The Morgan fingerprint density at radius 3 is 2.60 bits per heavy atom. The summed E-state index contributed by atoms with van der Waals surface area (Å²) in [5.74, 6) is 0.683. The minimum atomic E-state index is 0.134. The van der Waals surface area contributed by atoms with Crippen LogP contribution in [0, 0.1) is 0 Å². The van der Waals surface area contributed by atoms with Gasteiger partial charge in [-0.15, -0.1) is 0 Å². The van der Waals surface area contributed by atoms with E-state index in [1.54, 1.807) is 6.20 Å². The number of nitrogens with zero attached hydrogens (tertiary/aromatic N) is 3. The standard InChI is InChI=1S/C14H17N5O/c1-18-6-7-19(13(20)9-18)11-4-2-10(3-5-11)12-8-16-17-14(12)15/h2-5,8H,6-7,9H2,1H3,(H3,15,16,17). The number of nitrogens with one attached hydrogen (secondary N) is 1. The van der Waals surface area contributed by atoms with E-state index in [0.717, 1.165) is 29.9 Å². The molecule has 2 heterocycles. The van der Waals surface area contributed by atoms with Crippen LogP contribution in [0.25, 0.3) is 11.1 Å². The molecule has 1 fully saturated rings. The minimum absolute atomic E-state index is 0.134. The van der Waals surface area contributed by atoms with Crippen molar-refractivity contribution in [1.82, 2.24) is 15.1 Å². The molecule has 0 saturated carbocycles. The first-order valence-electron chi connectivity index (χ1n) is 6.53. The molecular formula is C14H17N5O. The Morgan fingerprint density at radius 2 is 2.00 bits per heavy atom. The van der Waals surface area contributed by atoms with Gasteiger partial charge in [0, 0.05) is 24.3 Å². The van der Waals surface area contributed by atoms with E-state index < -0.39 is 0 Å². The molecule has 3 rings (SSSR count). The number of hydrogen-bond donors (Lipinski definition) is 2. The average Bonchev–Trinajstić information content (AvgIpc) is 2.85. The van der Waals surface area contributed by atoms with Crippen LogP contribution in [0.3, 0.4) is 0 Å². The van der Waals surface area contributed by atoms with Gasteiger partial charge in [-0.1, -0.05) is 12.1 Å². The molecule has 0 bridgehead atoms. The summed E-state index contributed by atoms with van der Waals surface area (Å²) in [4.78, 5) is 15.9. The lowest BCUT2D eigenvalue weighted by molar-refractivity contribution is -0.120. The number of amides is 1. The van der Waals surface area contributed by atoms with Gasteiger partial charge < -0.3 is 10.6 Å². The first kappa shape index (κ1) is 12.7. The van der Waals surface area contributed by atoms with Crippen molar-refractivity contribution in [2.24, 2.45) is 0 Å². The number of likely N-dealkylation sites (N-methyl/N-ethyl adjacent to an activating group) is 1. The van der Waals surface area contributed by atoms with Gasteiger partial charge in [-0.05, 0) is 24.7 Å². The number of hydrogen-bond acceptors (Lipinski definition) is 4. The third-order valence-electron chi connectivity index (χ3n) is 3.57. The number of aromatic amines is 1. The molecule has 1 aliphatic heterocycles. The first-order chi connectivity index (χ1) is 9.65. The van der Waals surface area contributed by atoms with Gasteiger partial charge in [0.25, 0.3) is 0 Å². The van der Waals surface area contributed by atoms with Crippen molar-refractivity contribution in [3.8, 4) is 11.1 Å². The summed E-state index contributed by atoms with van der Waals surface area (Å²) in [6, 6.07) is 7.82. The normalized spacial score (nSPS) is 16.6. The van der Waals surface area contributed by atoms with Gasteiger partial charge in [0.05, 0.1) is 12.7 Å². The molecule has 1 aromatic heterocycles. The summed E-state index contributed by atoms with van der Waals surface area (Å²) < 4.78 is 0. The van der Waals surface area contributed by atoms with E-state index in [1.165, 1.54) is 0 Å². The average molecular weight is 271 g/mol. The molecule has 0 spiro atoms. The Hall–Kier alpha value is -2.34. The molecule has 0 unspecified atom stereocenters. The van der Waals surface area contributed by atoms with Gasteiger partial charge in [0.15, 0.2) is 0 Å². The fraction of sp³-hybridized carbons (Fsp3) is 0.286. The molecule has 1 amide bonds. The summed E-state index contributed by atoms with van der Waals surface area (Å²) in [5, 5.41) is 6.63. The highest BCUT2D eigenvalue weighted by atomic mass is 16.2. The molecule has 3 N–H and O–H groups in total. The van der Waals surface area contributed by atoms with Crippen molar-refractivity contribution in [2.75, 3.05) is 37.3 Å². The molecule has 20 heavy (non-hydrogen) atoms. The fourth-order valence-electron chi connectivity index (χ4n) is 2.41. The van der Waals surface area contributed by atoms with Crippen molar-refractivity contribution < 1.29 is 4.79 Å². The van der Waals surface area contributed by atoms with Gasteiger partial charge in [-0.3, -0.25) is 14.8 Å². The number of aromatic nitrogens is 2. The molecule has 6 nitrogen and oxygen atoms in total. The van der Waals surface area contributed by atoms with Crippen molar-refractivity contribution >= 4 is 17.4 Å². The lowest BCUT2D eigenvalue weighted by Crippen LogP contribution is -2.48. The maximum Gasteiger partial charge on any atom is 0.241 e. The van der Waals surface area contributed by atoms with Crippen LogP contribution >= 0.6 is 0 Å². The lowest BCUT2D eigenvalue weighted by Gasteiger charge is -2.32. The maximum atomic E-state index is 12.0. The zero-order valence-electron chi connectivity index (χ0n) is 11.3. The molecular weight excluding hydrogens is 254 g/mol. The predicted octanol–water partition coefficient (Wildman–Crippen LogP) is 0.937. The number of carbonyl (C=O) groups excluding carboxylic acids is 1. The van der Waals surface area contributed by atoms with Gasteiger partial charge in [0.2, 0.25) is 5.91 Å². The topological polar surface area (TPSA) is 78.2 Å². The van der Waals surface area contributed by atoms with Crippen LogP contribution in [-0.4, -0.2) is 47.7 Å². The minimum Gasteiger partial charge on any atom is -0.384 e. The molecule has 104 valence electrons. The fourth-order valence-corrected chi connectivity index (χ4v) is 2.41. The summed E-state index contributed by atoms with van der Waals surface area (Å²) in [5.41, 5.74) is 8.59. The second-order valence-corrected chi connectivity index (χ2v) is 5.03. The summed E-state index contributed by atoms with van der Waals surface area (Å²) in [7, 11) is 1.96. The monoisotopic (exact) mass is 271 g/mol. The Labute approximate surface area is 117 Å². The molecule has 6 heteroatoms. The number of benzene rings is 1. The molecule has 0 aliphatic carbocycles. The Kier molecular flexibility index (Phi) is 3.15. The van der Waals surface area contributed by atoms with E-state index in [9.17, 15) is 4.79 Å². The highest BCUT2D eigenvalue weighted by molar-refractivity contribution is 5.95. The molecule has 1 saturated heterocycles. The van der Waals surface area contributed by atoms with E-state index in [0.29, 0.717) is 12.4 Å². The van der Waals surface area contributed by atoms with Crippen molar-refractivity contribution in [2.45, 2.75) is 0 Å². The molecule has 1 aromatic carbocycles. The smallest absolute Gasteiger partial charge is 0.241 e. The van der Waals surface area contributed by atoms with Crippen molar-refractivity contribution in [1.29, 1.82) is 0 Å². The van der Waals surface area contributed by atoms with Crippen LogP contribution in [0.2, 0.25) is 0 Å². The summed E-state index contributed by atoms with van der Waals surface area (Å²) in [6.07, 6.45) is 1.70. The van der Waals surface area contributed by atoms with E-state index in [1.807, 2.05) is 41.1 Å².